The predicted octanol–water partition coefficient (Wildman–Crippen LogP) is -1.33. The fourth-order valence-corrected chi connectivity index (χ4v) is 2.22. The van der Waals surface area contributed by atoms with Crippen molar-refractivity contribution in [3.63, 3.8) is 0 Å². The number of hydrogen-bond donors (Lipinski definition) is 2. The number of nitrogens with zero attached hydrogens (tertiary/aromatic N) is 1. The summed E-state index contributed by atoms with van der Waals surface area (Å²) < 4.78 is 26.3. The molecule has 0 spiro atoms. The normalized spacial score (nSPS) is 24.6. The van der Waals surface area contributed by atoms with Crippen molar-refractivity contribution in [2.45, 2.75) is 18.6 Å². The van der Waals surface area contributed by atoms with E-state index >= 15 is 0 Å². The van der Waals surface area contributed by atoms with Crippen molar-refractivity contribution < 1.29 is 17.4 Å². The number of amides is 1. The highest BCUT2D eigenvalue weighted by atomic mass is 32.2. The summed E-state index contributed by atoms with van der Waals surface area (Å²) in [4.78, 5) is 11.3. The zero-order valence-electron chi connectivity index (χ0n) is 8.76. The highest BCUT2D eigenvalue weighted by molar-refractivity contribution is 7.86. The van der Waals surface area contributed by atoms with Crippen molar-refractivity contribution in [2.75, 3.05) is 12.8 Å². The minimum atomic E-state index is -3.83. The molecule has 0 aromatic rings. The number of carbonyl (C=O) groups excluding carboxylic acids is 1. The monoisotopic (exact) mass is 247 g/mol. The molecule has 8 heteroatoms. The van der Waals surface area contributed by atoms with Crippen LogP contribution in [0, 0.1) is 17.2 Å². The van der Waals surface area contributed by atoms with Crippen LogP contribution in [-0.2, 0) is 19.1 Å². The van der Waals surface area contributed by atoms with Crippen molar-refractivity contribution in [1.29, 1.82) is 5.26 Å². The molecule has 1 heterocycles. The Kier molecular flexibility index (Phi) is 3.52. The molecule has 0 aromatic carbocycles. The van der Waals surface area contributed by atoms with Crippen molar-refractivity contribution in [3.05, 3.63) is 0 Å². The van der Waals surface area contributed by atoms with Gasteiger partial charge in [-0.25, -0.2) is 4.18 Å². The lowest BCUT2D eigenvalue weighted by atomic mass is 9.97. The minimum absolute atomic E-state index is 0.137. The smallest absolute Gasteiger partial charge is 0.267 e. The van der Waals surface area contributed by atoms with E-state index in [-0.39, 0.29) is 12.3 Å². The van der Waals surface area contributed by atoms with Crippen LogP contribution in [0.3, 0.4) is 0 Å². The molecule has 7 nitrogen and oxygen atoms in total. The molecule has 90 valence electrons. The zero-order valence-corrected chi connectivity index (χ0v) is 9.58. The first-order valence-corrected chi connectivity index (χ1v) is 6.46. The van der Waals surface area contributed by atoms with Crippen LogP contribution in [0.2, 0.25) is 0 Å². The van der Waals surface area contributed by atoms with E-state index in [2.05, 4.69) is 9.50 Å². The molecule has 0 aromatic heterocycles. The summed E-state index contributed by atoms with van der Waals surface area (Å²) in [5, 5.41) is 11.4. The lowest BCUT2D eigenvalue weighted by Gasteiger charge is -2.22. The van der Waals surface area contributed by atoms with Crippen LogP contribution >= 0.6 is 0 Å². The highest BCUT2D eigenvalue weighted by Crippen LogP contribution is 2.22. The van der Waals surface area contributed by atoms with E-state index in [9.17, 15) is 13.2 Å². The molecule has 1 aliphatic rings. The zero-order chi connectivity index (χ0) is 12.4. The summed E-state index contributed by atoms with van der Waals surface area (Å²) >= 11 is 0. The summed E-state index contributed by atoms with van der Waals surface area (Å²) in [6.45, 7) is 0.504. The van der Waals surface area contributed by atoms with Crippen molar-refractivity contribution >= 4 is 16.0 Å². The highest BCUT2D eigenvalue weighted by Gasteiger charge is 2.38. The Morgan fingerprint density at radius 2 is 2.38 bits per heavy atom. The maximum atomic E-state index is 11.3. The molecule has 2 atom stereocenters. The second kappa shape index (κ2) is 4.37. The molecule has 0 unspecified atom stereocenters. The number of hydrogen-bond acceptors (Lipinski definition) is 6. The Morgan fingerprint density at radius 3 is 2.75 bits per heavy atom. The van der Waals surface area contributed by atoms with Crippen molar-refractivity contribution in [2.24, 2.45) is 11.7 Å². The van der Waals surface area contributed by atoms with Crippen LogP contribution < -0.4 is 11.1 Å². The summed E-state index contributed by atoms with van der Waals surface area (Å²) in [5.74, 6) is -0.714. The molecular weight excluding hydrogens is 234 g/mol. The maximum Gasteiger partial charge on any atom is 0.267 e. The average molecular weight is 247 g/mol. The first-order valence-electron chi connectivity index (χ1n) is 4.64. The van der Waals surface area contributed by atoms with E-state index in [0.29, 0.717) is 13.0 Å². The first kappa shape index (κ1) is 12.9. The van der Waals surface area contributed by atoms with Gasteiger partial charge in [0.25, 0.3) is 10.1 Å². The average Bonchev–Trinajstić information content (AvgIpc) is 2.49. The second-order valence-corrected chi connectivity index (χ2v) is 5.34. The summed E-state index contributed by atoms with van der Waals surface area (Å²) in [5.41, 5.74) is 3.51. The number of carbonyl (C=O) groups is 1. The largest absolute Gasteiger partial charge is 0.356 e. The van der Waals surface area contributed by atoms with Gasteiger partial charge >= 0.3 is 0 Å². The number of rotatable bonds is 4. The summed E-state index contributed by atoms with van der Waals surface area (Å²) in [7, 11) is -3.83. The van der Waals surface area contributed by atoms with E-state index in [1.165, 1.54) is 0 Å². The van der Waals surface area contributed by atoms with Gasteiger partial charge in [0.1, 0.15) is 6.07 Å². The van der Waals surface area contributed by atoms with Crippen LogP contribution in [-0.4, -0.2) is 32.9 Å². The quantitative estimate of drug-likeness (QED) is 0.468. The molecule has 1 rings (SSSR count). The Labute approximate surface area is 93.7 Å². The third kappa shape index (κ3) is 3.44. The van der Waals surface area contributed by atoms with E-state index in [1.807, 2.05) is 0 Å². The van der Waals surface area contributed by atoms with Gasteiger partial charge in [-0.2, -0.15) is 13.7 Å². The molecule has 3 N–H and O–H groups in total. The Balaban J connectivity index is 2.75. The van der Waals surface area contributed by atoms with Crippen LogP contribution in [0.15, 0.2) is 0 Å². The predicted molar refractivity (Wildman–Crippen MR) is 54.2 cm³/mol. The van der Waals surface area contributed by atoms with Gasteiger partial charge in [0.15, 0.2) is 0 Å². The Bertz CT molecular complexity index is 427. The van der Waals surface area contributed by atoms with Crippen LogP contribution in [0.4, 0.5) is 0 Å². The number of nitrogens with two attached hydrogens (primary N) is 1. The minimum Gasteiger partial charge on any atom is -0.356 e. The topological polar surface area (TPSA) is 122 Å². The van der Waals surface area contributed by atoms with Gasteiger partial charge in [0.05, 0.1) is 6.26 Å². The standard InChI is InChI=1S/C8H13N3O4S/c1-16(13,14)15-8(10,5-9)4-6-2-3-11-7(6)12/h6H,2-4,10H2,1H3,(H,11,12)/t6-,8-/m0/s1. The van der Waals surface area contributed by atoms with Crippen LogP contribution in [0.25, 0.3) is 0 Å². The van der Waals surface area contributed by atoms with Crippen LogP contribution in [0.5, 0.6) is 0 Å². The van der Waals surface area contributed by atoms with Gasteiger partial charge < -0.3 is 5.32 Å². The molecule has 1 amide bonds. The molecule has 16 heavy (non-hydrogen) atoms. The van der Waals surface area contributed by atoms with Gasteiger partial charge in [0.2, 0.25) is 11.6 Å². The SMILES string of the molecule is CS(=O)(=O)O[C@](N)(C#N)C[C@@H]1CCNC1=O. The molecular formula is C8H13N3O4S. The van der Waals surface area contributed by atoms with E-state index in [1.54, 1.807) is 6.07 Å². The Morgan fingerprint density at radius 1 is 1.75 bits per heavy atom. The van der Waals surface area contributed by atoms with E-state index in [4.69, 9.17) is 11.0 Å². The van der Waals surface area contributed by atoms with Gasteiger partial charge in [-0.3, -0.25) is 10.5 Å². The second-order valence-electron chi connectivity index (χ2n) is 3.77. The summed E-state index contributed by atoms with van der Waals surface area (Å²) in [6, 6.07) is 1.58. The van der Waals surface area contributed by atoms with Gasteiger partial charge in [-0.05, 0) is 6.42 Å². The Hall–Kier alpha value is -1.17. The summed E-state index contributed by atoms with van der Waals surface area (Å²) in [6.07, 6.45) is 1.19. The van der Waals surface area contributed by atoms with Crippen molar-refractivity contribution in [1.82, 2.24) is 5.32 Å². The maximum absolute atomic E-state index is 11.3. The fourth-order valence-electron chi connectivity index (χ4n) is 1.57. The molecule has 1 saturated heterocycles. The molecule has 1 fully saturated rings. The van der Waals surface area contributed by atoms with E-state index < -0.39 is 21.8 Å². The van der Waals surface area contributed by atoms with E-state index in [0.717, 1.165) is 6.26 Å². The fraction of sp³-hybridized carbons (Fsp3) is 0.750. The van der Waals surface area contributed by atoms with Crippen LogP contribution in [0.1, 0.15) is 12.8 Å². The molecule has 0 aliphatic carbocycles. The lowest BCUT2D eigenvalue weighted by molar-refractivity contribution is -0.123. The molecule has 0 radical (unpaired) electrons. The first-order chi connectivity index (χ1) is 7.26. The molecule has 0 saturated carbocycles. The van der Waals surface area contributed by atoms with Crippen molar-refractivity contribution in [3.8, 4) is 6.07 Å². The van der Waals surface area contributed by atoms with Gasteiger partial charge in [0, 0.05) is 18.9 Å². The van der Waals surface area contributed by atoms with Gasteiger partial charge in [-0.1, -0.05) is 0 Å². The number of nitrogens with one attached hydrogen (secondary N) is 1. The lowest BCUT2D eigenvalue weighted by Crippen LogP contribution is -2.45. The third-order valence-electron chi connectivity index (χ3n) is 2.20. The molecule has 1 aliphatic heterocycles. The number of nitriles is 1. The molecule has 0 bridgehead atoms. The third-order valence-corrected chi connectivity index (χ3v) is 2.80. The van der Waals surface area contributed by atoms with Gasteiger partial charge in [-0.15, -0.1) is 0 Å².